The van der Waals surface area contributed by atoms with E-state index in [0.29, 0.717) is 17.6 Å². The number of carbonyl (C=O) groups is 1. The van der Waals surface area contributed by atoms with E-state index in [-0.39, 0.29) is 18.7 Å². The third-order valence-electron chi connectivity index (χ3n) is 5.38. The minimum Gasteiger partial charge on any atom is -0.491 e. The molecule has 6 nitrogen and oxygen atoms in total. The number of fused-ring (bicyclic) bond motifs is 1. The summed E-state index contributed by atoms with van der Waals surface area (Å²) in [5, 5.41) is 16.3. The van der Waals surface area contributed by atoms with Crippen LogP contribution in [-0.2, 0) is 4.74 Å². The molecule has 3 aliphatic rings. The predicted molar refractivity (Wildman–Crippen MR) is 87.8 cm³/mol. The van der Waals surface area contributed by atoms with Gasteiger partial charge in [0.25, 0.3) is 0 Å². The van der Waals surface area contributed by atoms with Gasteiger partial charge in [0.2, 0.25) is 0 Å². The van der Waals surface area contributed by atoms with Crippen LogP contribution in [0.15, 0.2) is 24.3 Å². The van der Waals surface area contributed by atoms with Crippen molar-refractivity contribution in [2.45, 2.75) is 37.5 Å². The van der Waals surface area contributed by atoms with Gasteiger partial charge in [0.1, 0.15) is 18.5 Å². The zero-order valence-electron chi connectivity index (χ0n) is 13.6. The van der Waals surface area contributed by atoms with E-state index < -0.39 is 12.1 Å². The van der Waals surface area contributed by atoms with Crippen molar-refractivity contribution in [3.8, 4) is 5.75 Å². The molecule has 2 amide bonds. The molecule has 0 bridgehead atoms. The maximum atomic E-state index is 12.2. The highest BCUT2D eigenvalue weighted by Gasteiger charge is 2.44. The maximum Gasteiger partial charge on any atom is 0.315 e. The van der Waals surface area contributed by atoms with Gasteiger partial charge in [-0.2, -0.15) is 0 Å². The molecule has 2 fully saturated rings. The Balaban J connectivity index is 1.28. The number of para-hydroxylation sites is 1. The summed E-state index contributed by atoms with van der Waals surface area (Å²) in [7, 11) is 0. The van der Waals surface area contributed by atoms with Crippen molar-refractivity contribution in [1.82, 2.24) is 10.6 Å². The second-order valence-corrected chi connectivity index (χ2v) is 6.97. The van der Waals surface area contributed by atoms with E-state index in [9.17, 15) is 9.90 Å². The minimum absolute atomic E-state index is 0.221. The SMILES string of the molecule is O=C(N[C@H]1COc2ccccc2[C@@H]1O)N[C@@H]1C[C@H]1C1CCOCC1. The molecule has 1 saturated heterocycles. The van der Waals surface area contributed by atoms with Gasteiger partial charge in [0, 0.05) is 24.8 Å². The van der Waals surface area contributed by atoms with Gasteiger partial charge in [-0.05, 0) is 37.2 Å². The molecular weight excluding hydrogens is 308 g/mol. The minimum atomic E-state index is -0.744. The molecule has 0 aromatic heterocycles. The van der Waals surface area contributed by atoms with Gasteiger partial charge in [-0.15, -0.1) is 0 Å². The quantitative estimate of drug-likeness (QED) is 0.785. The Bertz CT molecular complexity index is 602. The van der Waals surface area contributed by atoms with Crippen LogP contribution in [0.25, 0.3) is 0 Å². The lowest BCUT2D eigenvalue weighted by Crippen LogP contribution is -2.50. The van der Waals surface area contributed by atoms with Crippen molar-refractivity contribution < 1.29 is 19.4 Å². The number of carbonyl (C=O) groups excluding carboxylic acids is 1. The van der Waals surface area contributed by atoms with Gasteiger partial charge in [-0.25, -0.2) is 4.79 Å². The van der Waals surface area contributed by atoms with Crippen LogP contribution in [0.1, 0.15) is 30.9 Å². The van der Waals surface area contributed by atoms with Crippen LogP contribution < -0.4 is 15.4 Å². The zero-order chi connectivity index (χ0) is 16.5. The van der Waals surface area contributed by atoms with Crippen LogP contribution in [0, 0.1) is 11.8 Å². The summed E-state index contributed by atoms with van der Waals surface area (Å²) >= 11 is 0. The Hall–Kier alpha value is -1.79. The number of benzene rings is 1. The first kappa shape index (κ1) is 15.7. The Labute approximate surface area is 141 Å². The number of hydrogen-bond donors (Lipinski definition) is 3. The highest BCUT2D eigenvalue weighted by atomic mass is 16.5. The number of urea groups is 1. The standard InChI is InChI=1S/C18H24N2O4/c21-17-12-3-1-2-4-16(12)24-10-15(17)20-18(22)19-14-9-13(14)11-5-7-23-8-6-11/h1-4,11,13-15,17,21H,5-10H2,(H2,19,20,22)/t13-,14+,15-,17-/m0/s1. The maximum absolute atomic E-state index is 12.2. The smallest absolute Gasteiger partial charge is 0.315 e. The summed E-state index contributed by atoms with van der Waals surface area (Å²) in [5.74, 6) is 1.93. The molecule has 1 aromatic rings. The summed E-state index contributed by atoms with van der Waals surface area (Å²) < 4.78 is 11.0. The molecule has 1 aliphatic carbocycles. The van der Waals surface area contributed by atoms with Gasteiger partial charge in [0.05, 0.1) is 6.04 Å². The zero-order valence-corrected chi connectivity index (χ0v) is 13.6. The number of nitrogens with one attached hydrogen (secondary N) is 2. The number of hydrogen-bond acceptors (Lipinski definition) is 4. The fourth-order valence-electron chi connectivity index (χ4n) is 3.89. The largest absolute Gasteiger partial charge is 0.491 e. The summed E-state index contributed by atoms with van der Waals surface area (Å²) in [5.41, 5.74) is 0.723. The summed E-state index contributed by atoms with van der Waals surface area (Å²) in [6, 6.07) is 6.99. The first-order valence-electron chi connectivity index (χ1n) is 8.77. The lowest BCUT2D eigenvalue weighted by atomic mass is 9.94. The molecule has 130 valence electrons. The van der Waals surface area contributed by atoms with Crippen molar-refractivity contribution in [2.24, 2.45) is 11.8 Å². The highest BCUT2D eigenvalue weighted by Crippen LogP contribution is 2.42. The first-order valence-corrected chi connectivity index (χ1v) is 8.77. The molecule has 3 N–H and O–H groups in total. The average molecular weight is 332 g/mol. The van der Waals surface area contributed by atoms with Gasteiger partial charge >= 0.3 is 6.03 Å². The van der Waals surface area contributed by atoms with Crippen molar-refractivity contribution in [3.63, 3.8) is 0 Å². The van der Waals surface area contributed by atoms with Crippen molar-refractivity contribution in [3.05, 3.63) is 29.8 Å². The second-order valence-electron chi connectivity index (χ2n) is 6.97. The molecule has 24 heavy (non-hydrogen) atoms. The van der Waals surface area contributed by atoms with Crippen LogP contribution in [0.4, 0.5) is 4.79 Å². The van der Waals surface area contributed by atoms with E-state index >= 15 is 0 Å². The van der Waals surface area contributed by atoms with E-state index in [4.69, 9.17) is 9.47 Å². The number of aliphatic hydroxyl groups is 1. The van der Waals surface area contributed by atoms with Crippen molar-refractivity contribution in [2.75, 3.05) is 19.8 Å². The normalized spacial score (nSPS) is 32.4. The fraction of sp³-hybridized carbons (Fsp3) is 0.611. The second kappa shape index (κ2) is 6.61. The Morgan fingerprint density at radius 2 is 1.88 bits per heavy atom. The van der Waals surface area contributed by atoms with E-state index in [1.807, 2.05) is 24.3 Å². The highest BCUT2D eigenvalue weighted by molar-refractivity contribution is 5.75. The van der Waals surface area contributed by atoms with Crippen LogP contribution in [-0.4, -0.2) is 43.0 Å². The van der Waals surface area contributed by atoms with Gasteiger partial charge in [-0.1, -0.05) is 18.2 Å². The summed E-state index contributed by atoms with van der Waals surface area (Å²) in [6.07, 6.45) is 2.49. The number of rotatable bonds is 3. The Morgan fingerprint density at radius 3 is 2.71 bits per heavy atom. The van der Waals surface area contributed by atoms with E-state index in [0.717, 1.165) is 38.0 Å². The first-order chi connectivity index (χ1) is 11.7. The molecule has 4 atom stereocenters. The molecule has 1 aromatic carbocycles. The molecule has 0 radical (unpaired) electrons. The van der Waals surface area contributed by atoms with Gasteiger partial charge in [0.15, 0.2) is 0 Å². The lowest BCUT2D eigenvalue weighted by Gasteiger charge is -2.30. The third kappa shape index (κ3) is 3.21. The summed E-state index contributed by atoms with van der Waals surface area (Å²) in [6.45, 7) is 1.95. The van der Waals surface area contributed by atoms with E-state index in [1.54, 1.807) is 0 Å². The molecular formula is C18H24N2O4. The predicted octanol–water partition coefficient (Wildman–Crippen LogP) is 1.60. The molecule has 6 heteroatoms. The molecule has 1 saturated carbocycles. The van der Waals surface area contributed by atoms with Crippen LogP contribution >= 0.6 is 0 Å². The number of ether oxygens (including phenoxy) is 2. The summed E-state index contributed by atoms with van der Waals surface area (Å²) in [4.78, 5) is 12.2. The molecule has 0 spiro atoms. The number of aliphatic hydroxyl groups excluding tert-OH is 1. The van der Waals surface area contributed by atoms with Crippen LogP contribution in [0.5, 0.6) is 5.75 Å². The Kier molecular flexibility index (Phi) is 4.33. The van der Waals surface area contributed by atoms with E-state index in [1.165, 1.54) is 0 Å². The topological polar surface area (TPSA) is 79.8 Å². The lowest BCUT2D eigenvalue weighted by molar-refractivity contribution is 0.0588. The number of amides is 2. The molecule has 0 unspecified atom stereocenters. The van der Waals surface area contributed by atoms with Crippen molar-refractivity contribution >= 4 is 6.03 Å². The van der Waals surface area contributed by atoms with Gasteiger partial charge in [-0.3, -0.25) is 0 Å². The molecule has 2 heterocycles. The average Bonchev–Trinajstić information content (AvgIpc) is 3.37. The molecule has 2 aliphatic heterocycles. The van der Waals surface area contributed by atoms with E-state index in [2.05, 4.69) is 10.6 Å². The van der Waals surface area contributed by atoms with Crippen LogP contribution in [0.2, 0.25) is 0 Å². The van der Waals surface area contributed by atoms with Gasteiger partial charge < -0.3 is 25.2 Å². The van der Waals surface area contributed by atoms with Crippen molar-refractivity contribution in [1.29, 1.82) is 0 Å². The molecule has 4 rings (SSSR count). The Morgan fingerprint density at radius 1 is 1.12 bits per heavy atom. The van der Waals surface area contributed by atoms with Crippen LogP contribution in [0.3, 0.4) is 0 Å². The third-order valence-corrected chi connectivity index (χ3v) is 5.38. The monoisotopic (exact) mass is 332 g/mol. The fourth-order valence-corrected chi connectivity index (χ4v) is 3.89.